The minimum atomic E-state index is 0.352. The van der Waals surface area contributed by atoms with Crippen LogP contribution >= 0.6 is 0 Å². The van der Waals surface area contributed by atoms with Gasteiger partial charge in [-0.05, 0) is 29.0 Å². The Morgan fingerprint density at radius 1 is 1.25 bits per heavy atom. The Kier molecular flexibility index (Phi) is 4.04. The van der Waals surface area contributed by atoms with Gasteiger partial charge in [0, 0.05) is 18.9 Å². The topological polar surface area (TPSA) is 86.3 Å². The number of rotatable bonds is 5. The number of hydrogen-bond donors (Lipinski definition) is 1. The molecule has 8 heteroatoms. The number of hydrogen-bond acceptors (Lipinski definition) is 6. The number of tetrazole rings is 1. The summed E-state index contributed by atoms with van der Waals surface area (Å²) < 4.78 is 3.80. The van der Waals surface area contributed by atoms with Crippen LogP contribution in [0.15, 0.2) is 30.3 Å². The average Bonchev–Trinajstić information content (AvgIpc) is 3.26. The van der Waals surface area contributed by atoms with E-state index in [9.17, 15) is 0 Å². The molecule has 0 unspecified atom stereocenters. The van der Waals surface area contributed by atoms with E-state index in [1.165, 1.54) is 0 Å². The lowest BCUT2D eigenvalue weighted by molar-refractivity contribution is 0.353. The fraction of sp³-hybridized carbons (Fsp3) is 0.438. The summed E-state index contributed by atoms with van der Waals surface area (Å²) in [6, 6.07) is 10.3. The minimum absolute atomic E-state index is 0.352. The number of fused-ring (bicyclic) bond motifs is 1. The molecule has 1 aromatic carbocycles. The molecule has 2 aromatic heterocycles. The monoisotopic (exact) mass is 324 g/mol. The van der Waals surface area contributed by atoms with Crippen LogP contribution in [-0.4, -0.2) is 41.0 Å². The summed E-state index contributed by atoms with van der Waals surface area (Å²) in [6.07, 6.45) is 2.88. The van der Waals surface area contributed by atoms with Crippen molar-refractivity contribution in [1.82, 2.24) is 40.3 Å². The van der Waals surface area contributed by atoms with Gasteiger partial charge in [0.25, 0.3) is 0 Å². The highest BCUT2D eigenvalue weighted by atomic mass is 15.5. The first kappa shape index (κ1) is 14.9. The van der Waals surface area contributed by atoms with E-state index in [4.69, 9.17) is 0 Å². The molecule has 0 bridgehead atoms. The number of aryl methyl sites for hydroxylation is 2. The number of para-hydroxylation sites is 1. The summed E-state index contributed by atoms with van der Waals surface area (Å²) >= 11 is 0. The zero-order chi connectivity index (χ0) is 16.4. The Morgan fingerprint density at radius 2 is 2.12 bits per heavy atom. The second kappa shape index (κ2) is 6.48. The van der Waals surface area contributed by atoms with Crippen molar-refractivity contribution in [3.8, 4) is 5.69 Å². The van der Waals surface area contributed by atoms with Gasteiger partial charge < -0.3 is 5.32 Å². The summed E-state index contributed by atoms with van der Waals surface area (Å²) in [5.41, 5.74) is 0.967. The Bertz CT molecular complexity index is 807. The lowest BCUT2D eigenvalue weighted by Crippen LogP contribution is -2.38. The molecule has 8 nitrogen and oxygen atoms in total. The highest BCUT2D eigenvalue weighted by Gasteiger charge is 2.21. The quantitative estimate of drug-likeness (QED) is 0.751. The maximum atomic E-state index is 4.56. The lowest BCUT2D eigenvalue weighted by atomic mass is 10.1. The summed E-state index contributed by atoms with van der Waals surface area (Å²) in [7, 11) is 0. The average molecular weight is 324 g/mol. The molecule has 124 valence electrons. The van der Waals surface area contributed by atoms with Crippen molar-refractivity contribution in [3.05, 3.63) is 47.8 Å². The van der Waals surface area contributed by atoms with Crippen molar-refractivity contribution in [2.75, 3.05) is 0 Å². The van der Waals surface area contributed by atoms with Crippen molar-refractivity contribution in [2.45, 2.75) is 45.3 Å². The largest absolute Gasteiger partial charge is 0.305 e. The fourth-order valence-electron chi connectivity index (χ4n) is 3.00. The third-order valence-corrected chi connectivity index (χ3v) is 4.30. The second-order valence-electron chi connectivity index (χ2n) is 5.94. The van der Waals surface area contributed by atoms with E-state index < -0.39 is 0 Å². The van der Waals surface area contributed by atoms with Crippen molar-refractivity contribution in [1.29, 1.82) is 0 Å². The normalized spacial score (nSPS) is 17.0. The van der Waals surface area contributed by atoms with Crippen LogP contribution < -0.4 is 5.32 Å². The van der Waals surface area contributed by atoms with Gasteiger partial charge >= 0.3 is 0 Å². The van der Waals surface area contributed by atoms with Gasteiger partial charge in [-0.3, -0.25) is 0 Å². The Morgan fingerprint density at radius 3 is 2.96 bits per heavy atom. The van der Waals surface area contributed by atoms with Crippen molar-refractivity contribution in [3.63, 3.8) is 0 Å². The first-order valence-corrected chi connectivity index (χ1v) is 8.32. The molecule has 1 aliphatic heterocycles. The molecule has 1 aliphatic rings. The van der Waals surface area contributed by atoms with E-state index in [-0.39, 0.29) is 0 Å². The van der Waals surface area contributed by atoms with Crippen molar-refractivity contribution < 1.29 is 0 Å². The van der Waals surface area contributed by atoms with E-state index >= 15 is 0 Å². The summed E-state index contributed by atoms with van der Waals surface area (Å²) in [5.74, 6) is 2.83. The van der Waals surface area contributed by atoms with E-state index in [0.29, 0.717) is 12.6 Å². The van der Waals surface area contributed by atoms with E-state index in [2.05, 4.69) is 37.8 Å². The third-order valence-electron chi connectivity index (χ3n) is 4.30. The number of nitrogens with zero attached hydrogens (tertiary/aromatic N) is 7. The molecule has 0 spiro atoms. The molecule has 0 fully saturated rings. The molecular formula is C16H20N8. The van der Waals surface area contributed by atoms with Crippen LogP contribution in [0.1, 0.15) is 30.8 Å². The molecule has 0 radical (unpaired) electrons. The molecule has 0 saturated heterocycles. The summed E-state index contributed by atoms with van der Waals surface area (Å²) in [5, 5.41) is 20.1. The number of nitrogens with one attached hydrogen (secondary N) is 1. The van der Waals surface area contributed by atoms with Crippen molar-refractivity contribution in [2.24, 2.45) is 0 Å². The van der Waals surface area contributed by atoms with Crippen molar-refractivity contribution >= 4 is 0 Å². The second-order valence-corrected chi connectivity index (χ2v) is 5.94. The first-order chi connectivity index (χ1) is 11.8. The van der Waals surface area contributed by atoms with Gasteiger partial charge in [0.15, 0.2) is 11.6 Å². The Labute approximate surface area is 139 Å². The predicted octanol–water partition coefficient (Wildman–Crippen LogP) is 0.921. The van der Waals surface area contributed by atoms with Crippen LogP contribution in [0.3, 0.4) is 0 Å². The summed E-state index contributed by atoms with van der Waals surface area (Å²) in [6.45, 7) is 3.55. The van der Waals surface area contributed by atoms with Crippen LogP contribution in [0.4, 0.5) is 0 Å². The van der Waals surface area contributed by atoms with Gasteiger partial charge in [0.2, 0.25) is 0 Å². The molecule has 24 heavy (non-hydrogen) atoms. The van der Waals surface area contributed by atoms with Crippen LogP contribution in [0.5, 0.6) is 0 Å². The molecule has 3 heterocycles. The zero-order valence-electron chi connectivity index (χ0n) is 13.6. The maximum Gasteiger partial charge on any atom is 0.170 e. The van der Waals surface area contributed by atoms with Gasteiger partial charge in [-0.2, -0.15) is 9.78 Å². The van der Waals surface area contributed by atoms with Gasteiger partial charge in [-0.25, -0.2) is 9.67 Å². The molecule has 1 N–H and O–H groups in total. The maximum absolute atomic E-state index is 4.56. The van der Waals surface area contributed by atoms with E-state index in [1.807, 2.05) is 35.0 Å². The molecule has 0 aliphatic carbocycles. The molecule has 1 atom stereocenters. The van der Waals surface area contributed by atoms with Gasteiger partial charge in [0.05, 0.1) is 18.8 Å². The SMILES string of the molecule is CCc1nc2n(n1)C[C@H](NCc1nnnn1-c1ccccc1)CC2. The minimum Gasteiger partial charge on any atom is -0.305 e. The smallest absolute Gasteiger partial charge is 0.170 e. The van der Waals surface area contributed by atoms with Crippen LogP contribution in [-0.2, 0) is 25.9 Å². The highest BCUT2D eigenvalue weighted by Crippen LogP contribution is 2.14. The van der Waals surface area contributed by atoms with Gasteiger partial charge in [0.1, 0.15) is 5.82 Å². The molecule has 4 rings (SSSR count). The van der Waals surface area contributed by atoms with Crippen LogP contribution in [0.25, 0.3) is 5.69 Å². The van der Waals surface area contributed by atoms with Crippen LogP contribution in [0.2, 0.25) is 0 Å². The first-order valence-electron chi connectivity index (χ1n) is 8.32. The standard InChI is InChI=1S/C16H20N8/c1-2-14-18-15-9-8-12(11-23(15)20-14)17-10-16-19-21-22-24(16)13-6-4-3-5-7-13/h3-7,12,17H,2,8-11H2,1H3/t12-/m1/s1. The number of aromatic nitrogens is 7. The Hall–Kier alpha value is -2.61. The molecule has 0 saturated carbocycles. The van der Waals surface area contributed by atoms with Gasteiger partial charge in [-0.15, -0.1) is 5.10 Å². The lowest BCUT2D eigenvalue weighted by Gasteiger charge is -2.23. The van der Waals surface area contributed by atoms with Gasteiger partial charge in [-0.1, -0.05) is 25.1 Å². The van der Waals surface area contributed by atoms with E-state index in [0.717, 1.165) is 49.0 Å². The van der Waals surface area contributed by atoms with E-state index in [1.54, 1.807) is 4.68 Å². The predicted molar refractivity (Wildman–Crippen MR) is 87.5 cm³/mol. The molecular weight excluding hydrogens is 304 g/mol. The zero-order valence-corrected chi connectivity index (χ0v) is 13.6. The number of benzene rings is 1. The third kappa shape index (κ3) is 2.92. The summed E-state index contributed by atoms with van der Waals surface area (Å²) in [4.78, 5) is 4.56. The highest BCUT2D eigenvalue weighted by molar-refractivity contribution is 5.30. The fourth-order valence-corrected chi connectivity index (χ4v) is 3.00. The van der Waals surface area contributed by atoms with Crippen LogP contribution in [0, 0.1) is 0 Å². The Balaban J connectivity index is 1.42. The molecule has 3 aromatic rings. The molecule has 0 amide bonds.